The van der Waals surface area contributed by atoms with E-state index in [1.165, 1.54) is 18.1 Å². The third kappa shape index (κ3) is 5.72. The van der Waals surface area contributed by atoms with E-state index >= 15 is 0 Å². The summed E-state index contributed by atoms with van der Waals surface area (Å²) < 4.78 is 64.9. The standard InChI is InChI=1S/C22H22F4N2O4S/c1-30-18-9-14(8-16(19(18)31-2)22(24,25)26)21(33)28-11-15(23)10-17(28)20(29)27-32-12-13-6-4-3-5-7-13/h3-9,15,17H,10-12H2,1-2H3,(H,27,29). The van der Waals surface area contributed by atoms with Crippen molar-refractivity contribution in [3.05, 3.63) is 59.2 Å². The van der Waals surface area contributed by atoms with E-state index < -0.39 is 35.6 Å². The van der Waals surface area contributed by atoms with Crippen molar-refractivity contribution >= 4 is 23.1 Å². The summed E-state index contributed by atoms with van der Waals surface area (Å²) in [5.41, 5.74) is 1.94. The van der Waals surface area contributed by atoms with Gasteiger partial charge in [0.05, 0.1) is 27.4 Å². The Morgan fingerprint density at radius 2 is 1.88 bits per heavy atom. The smallest absolute Gasteiger partial charge is 0.420 e. The fourth-order valence-electron chi connectivity index (χ4n) is 3.55. The van der Waals surface area contributed by atoms with Crippen molar-refractivity contribution in [2.75, 3.05) is 20.8 Å². The van der Waals surface area contributed by atoms with Crippen LogP contribution in [0.4, 0.5) is 17.6 Å². The van der Waals surface area contributed by atoms with Crippen LogP contribution in [0, 0.1) is 0 Å². The molecule has 1 N–H and O–H groups in total. The quantitative estimate of drug-likeness (QED) is 0.362. The second kappa shape index (κ2) is 10.3. The van der Waals surface area contributed by atoms with Gasteiger partial charge in [-0.1, -0.05) is 42.5 Å². The first kappa shape index (κ1) is 24.7. The molecule has 0 bridgehead atoms. The number of rotatable bonds is 7. The van der Waals surface area contributed by atoms with Crippen molar-refractivity contribution in [2.45, 2.75) is 31.4 Å². The van der Waals surface area contributed by atoms with Gasteiger partial charge in [0.25, 0.3) is 5.91 Å². The highest BCUT2D eigenvalue weighted by molar-refractivity contribution is 7.80. The zero-order valence-electron chi connectivity index (χ0n) is 17.8. The van der Waals surface area contributed by atoms with Gasteiger partial charge in [-0.25, -0.2) is 9.87 Å². The van der Waals surface area contributed by atoms with Gasteiger partial charge in [0.2, 0.25) is 0 Å². The number of hydroxylamine groups is 1. The molecule has 1 fully saturated rings. The molecule has 1 saturated heterocycles. The van der Waals surface area contributed by atoms with E-state index in [9.17, 15) is 22.4 Å². The number of alkyl halides is 4. The molecule has 3 rings (SSSR count). The fraction of sp³-hybridized carbons (Fsp3) is 0.364. The summed E-state index contributed by atoms with van der Waals surface area (Å²) >= 11 is 5.36. The first-order chi connectivity index (χ1) is 15.7. The van der Waals surface area contributed by atoms with E-state index in [0.717, 1.165) is 18.7 Å². The van der Waals surface area contributed by atoms with E-state index in [4.69, 9.17) is 26.5 Å². The van der Waals surface area contributed by atoms with Crippen LogP contribution >= 0.6 is 12.2 Å². The SMILES string of the molecule is COc1cc(C(=S)N2CC(F)CC2C(=O)NOCc2ccccc2)cc(C(F)(F)F)c1OC. The summed E-state index contributed by atoms with van der Waals surface area (Å²) in [5, 5.41) is 0. The maximum atomic E-state index is 14.2. The normalized spacial score (nSPS) is 18.2. The molecule has 1 aliphatic heterocycles. The number of amides is 1. The molecule has 6 nitrogen and oxygen atoms in total. The Morgan fingerprint density at radius 1 is 1.18 bits per heavy atom. The van der Waals surface area contributed by atoms with Crippen LogP contribution in [0.1, 0.15) is 23.1 Å². The largest absolute Gasteiger partial charge is 0.493 e. The highest BCUT2D eigenvalue weighted by Gasteiger charge is 2.41. The lowest BCUT2D eigenvalue weighted by Gasteiger charge is -2.27. The highest BCUT2D eigenvalue weighted by Crippen LogP contribution is 2.43. The van der Waals surface area contributed by atoms with Gasteiger partial charge in [-0.2, -0.15) is 13.2 Å². The molecule has 178 valence electrons. The van der Waals surface area contributed by atoms with Crippen LogP contribution in [0.5, 0.6) is 11.5 Å². The van der Waals surface area contributed by atoms with Gasteiger partial charge < -0.3 is 14.4 Å². The molecular formula is C22H22F4N2O4S. The first-order valence-corrected chi connectivity index (χ1v) is 10.3. The fourth-order valence-corrected chi connectivity index (χ4v) is 3.87. The molecule has 11 heteroatoms. The van der Waals surface area contributed by atoms with Crippen LogP contribution in [0.2, 0.25) is 0 Å². The number of nitrogens with one attached hydrogen (secondary N) is 1. The number of likely N-dealkylation sites (tertiary alicyclic amines) is 1. The van der Waals surface area contributed by atoms with Crippen molar-refractivity contribution in [2.24, 2.45) is 0 Å². The number of carbonyl (C=O) groups excluding carboxylic acids is 1. The minimum atomic E-state index is -4.75. The number of hydrogen-bond donors (Lipinski definition) is 1. The van der Waals surface area contributed by atoms with E-state index in [2.05, 4.69) is 5.48 Å². The average Bonchev–Trinajstić information content (AvgIpc) is 3.19. The lowest BCUT2D eigenvalue weighted by Crippen LogP contribution is -2.45. The second-order valence-electron chi connectivity index (χ2n) is 7.30. The monoisotopic (exact) mass is 486 g/mol. The van der Waals surface area contributed by atoms with E-state index in [1.807, 2.05) is 18.2 Å². The number of halogens is 4. The molecule has 0 spiro atoms. The number of benzene rings is 2. The molecule has 2 aromatic rings. The van der Waals surface area contributed by atoms with Gasteiger partial charge in [0, 0.05) is 12.0 Å². The van der Waals surface area contributed by atoms with Crippen molar-refractivity contribution in [3.8, 4) is 11.5 Å². The van der Waals surface area contributed by atoms with Crippen LogP contribution < -0.4 is 15.0 Å². The lowest BCUT2D eigenvalue weighted by atomic mass is 10.1. The molecule has 2 atom stereocenters. The molecule has 0 radical (unpaired) electrons. The van der Waals surface area contributed by atoms with E-state index in [-0.39, 0.29) is 35.9 Å². The molecule has 2 aromatic carbocycles. The first-order valence-electron chi connectivity index (χ1n) is 9.89. The summed E-state index contributed by atoms with van der Waals surface area (Å²) in [6, 6.07) is 10.1. The molecular weight excluding hydrogens is 464 g/mol. The molecule has 1 heterocycles. The Hall–Kier alpha value is -2.92. The molecule has 33 heavy (non-hydrogen) atoms. The van der Waals surface area contributed by atoms with Crippen molar-refractivity contribution in [1.82, 2.24) is 10.4 Å². The predicted octanol–water partition coefficient (Wildman–Crippen LogP) is 4.06. The molecule has 0 saturated carbocycles. The van der Waals surface area contributed by atoms with Gasteiger partial charge >= 0.3 is 6.18 Å². The number of thiocarbonyl (C=S) groups is 1. The van der Waals surface area contributed by atoms with Crippen LogP contribution in [-0.4, -0.2) is 48.8 Å². The van der Waals surface area contributed by atoms with Gasteiger partial charge in [0.15, 0.2) is 11.5 Å². The predicted molar refractivity (Wildman–Crippen MR) is 116 cm³/mol. The topological polar surface area (TPSA) is 60.0 Å². The van der Waals surface area contributed by atoms with E-state index in [0.29, 0.717) is 0 Å². The summed E-state index contributed by atoms with van der Waals surface area (Å²) in [7, 11) is 2.29. The average molecular weight is 486 g/mol. The molecule has 0 aromatic heterocycles. The molecule has 1 amide bonds. The van der Waals surface area contributed by atoms with Gasteiger partial charge in [-0.05, 0) is 17.7 Å². The number of hydrogen-bond acceptors (Lipinski definition) is 5. The number of nitrogens with zero attached hydrogens (tertiary/aromatic N) is 1. The minimum absolute atomic E-state index is 0.0490. The third-order valence-electron chi connectivity index (χ3n) is 5.10. The summed E-state index contributed by atoms with van der Waals surface area (Å²) in [4.78, 5) is 19.0. The zero-order chi connectivity index (χ0) is 24.2. The second-order valence-corrected chi connectivity index (χ2v) is 7.69. The van der Waals surface area contributed by atoms with E-state index in [1.54, 1.807) is 12.1 Å². The van der Waals surface area contributed by atoms with Crippen LogP contribution in [0.15, 0.2) is 42.5 Å². The minimum Gasteiger partial charge on any atom is -0.493 e. The zero-order valence-corrected chi connectivity index (χ0v) is 18.6. The van der Waals surface area contributed by atoms with Gasteiger partial charge in [0.1, 0.15) is 22.8 Å². The third-order valence-corrected chi connectivity index (χ3v) is 5.57. The number of methoxy groups -OCH3 is 2. The number of carbonyl (C=O) groups is 1. The Labute approximate surface area is 193 Å². The maximum absolute atomic E-state index is 14.2. The lowest BCUT2D eigenvalue weighted by molar-refractivity contribution is -0.139. The Balaban J connectivity index is 1.80. The van der Waals surface area contributed by atoms with Crippen LogP contribution in [-0.2, 0) is 22.4 Å². The molecule has 2 unspecified atom stereocenters. The maximum Gasteiger partial charge on any atom is 0.420 e. The summed E-state index contributed by atoms with van der Waals surface area (Å²) in [5.74, 6) is -1.33. The van der Waals surface area contributed by atoms with Gasteiger partial charge in [-0.15, -0.1) is 0 Å². The molecule has 1 aliphatic rings. The Kier molecular flexibility index (Phi) is 7.75. The summed E-state index contributed by atoms with van der Waals surface area (Å²) in [6.07, 6.45) is -6.32. The van der Waals surface area contributed by atoms with Gasteiger partial charge in [-0.3, -0.25) is 9.63 Å². The Morgan fingerprint density at radius 3 is 2.48 bits per heavy atom. The van der Waals surface area contributed by atoms with Crippen molar-refractivity contribution in [3.63, 3.8) is 0 Å². The highest BCUT2D eigenvalue weighted by atomic mass is 32.1. The summed E-state index contributed by atoms with van der Waals surface area (Å²) in [6.45, 7) is -0.154. The van der Waals surface area contributed by atoms with Crippen LogP contribution in [0.25, 0.3) is 0 Å². The Bertz CT molecular complexity index is 1000. The number of ether oxygens (including phenoxy) is 2. The van der Waals surface area contributed by atoms with Crippen LogP contribution in [0.3, 0.4) is 0 Å². The van der Waals surface area contributed by atoms with Crippen molar-refractivity contribution in [1.29, 1.82) is 0 Å². The van der Waals surface area contributed by atoms with Crippen molar-refractivity contribution < 1.29 is 36.7 Å². The molecule has 0 aliphatic carbocycles.